The Morgan fingerprint density at radius 3 is 2.43 bits per heavy atom. The molecule has 0 N–H and O–H groups in total. The van der Waals surface area contributed by atoms with E-state index in [9.17, 15) is 4.79 Å². The Bertz CT molecular complexity index is 1120. The third kappa shape index (κ3) is 3.18. The summed E-state index contributed by atoms with van der Waals surface area (Å²) in [6.07, 6.45) is 3.65. The minimum Gasteiger partial charge on any atom is -0.465 e. The Hall–Kier alpha value is -3.74. The van der Waals surface area contributed by atoms with E-state index < -0.39 is 0 Å². The first-order valence-electron chi connectivity index (χ1n) is 8.76. The van der Waals surface area contributed by atoms with Crippen LogP contribution in [-0.2, 0) is 11.8 Å². The Morgan fingerprint density at radius 2 is 1.75 bits per heavy atom. The number of methoxy groups -OCH3 is 1. The van der Waals surface area contributed by atoms with Crippen LogP contribution in [0.3, 0.4) is 0 Å². The fraction of sp³-hybridized carbons (Fsp3) is 0.143. The lowest BCUT2D eigenvalue weighted by molar-refractivity contribution is 0.0600. The quantitative estimate of drug-likeness (QED) is 0.512. The summed E-state index contributed by atoms with van der Waals surface area (Å²) in [6.45, 7) is 2.05. The fourth-order valence-corrected chi connectivity index (χ4v) is 3.02. The zero-order valence-electron chi connectivity index (χ0n) is 15.8. The number of imidazole rings is 1. The van der Waals surface area contributed by atoms with E-state index in [2.05, 4.69) is 34.4 Å². The molecule has 0 aliphatic carbocycles. The van der Waals surface area contributed by atoms with E-state index in [0.29, 0.717) is 5.56 Å². The lowest BCUT2D eigenvalue weighted by Crippen LogP contribution is -2.01. The average Bonchev–Trinajstić information content (AvgIpc) is 3.35. The number of hydrogen-bond donors (Lipinski definition) is 0. The number of ether oxygens (including phenoxy) is 1. The van der Waals surface area contributed by atoms with Crippen molar-refractivity contribution in [2.45, 2.75) is 6.92 Å². The SMILES string of the molecule is COC(=O)c1ccc(-n2cnc(-c3c(-c4ccc(C)cc4)nnn3C)c2)cc1. The molecule has 0 saturated heterocycles. The second kappa shape index (κ2) is 7.11. The van der Waals surface area contributed by atoms with Gasteiger partial charge in [-0.3, -0.25) is 0 Å². The van der Waals surface area contributed by atoms with E-state index in [-0.39, 0.29) is 5.97 Å². The summed E-state index contributed by atoms with van der Waals surface area (Å²) in [7, 11) is 3.22. The summed E-state index contributed by atoms with van der Waals surface area (Å²) in [5.41, 5.74) is 5.96. The topological polar surface area (TPSA) is 74.8 Å². The van der Waals surface area contributed by atoms with E-state index in [0.717, 1.165) is 28.3 Å². The van der Waals surface area contributed by atoms with Gasteiger partial charge in [0, 0.05) is 24.5 Å². The monoisotopic (exact) mass is 373 g/mol. The molecule has 2 heterocycles. The highest BCUT2D eigenvalue weighted by atomic mass is 16.5. The van der Waals surface area contributed by atoms with Crippen molar-refractivity contribution in [3.8, 4) is 28.3 Å². The van der Waals surface area contributed by atoms with Gasteiger partial charge in [-0.2, -0.15) is 0 Å². The predicted octanol–water partition coefficient (Wildman–Crippen LogP) is 3.43. The molecule has 0 atom stereocenters. The first kappa shape index (κ1) is 17.7. The van der Waals surface area contributed by atoms with Crippen molar-refractivity contribution in [2.75, 3.05) is 7.11 Å². The van der Waals surface area contributed by atoms with Crippen molar-refractivity contribution in [1.82, 2.24) is 24.5 Å². The summed E-state index contributed by atoms with van der Waals surface area (Å²) in [6, 6.07) is 15.3. The molecule has 0 bridgehead atoms. The highest BCUT2D eigenvalue weighted by molar-refractivity contribution is 5.89. The number of rotatable bonds is 4. The second-order valence-electron chi connectivity index (χ2n) is 6.48. The van der Waals surface area contributed by atoms with Crippen LogP contribution in [0.5, 0.6) is 0 Å². The number of carbonyl (C=O) groups excluding carboxylic acids is 1. The lowest BCUT2D eigenvalue weighted by atomic mass is 10.1. The van der Waals surface area contributed by atoms with Crippen molar-refractivity contribution in [3.05, 3.63) is 72.2 Å². The van der Waals surface area contributed by atoms with Gasteiger partial charge in [-0.15, -0.1) is 5.10 Å². The lowest BCUT2D eigenvalue weighted by Gasteiger charge is -2.04. The first-order chi connectivity index (χ1) is 13.6. The summed E-state index contributed by atoms with van der Waals surface area (Å²) in [5.74, 6) is -0.360. The van der Waals surface area contributed by atoms with Gasteiger partial charge in [-0.25, -0.2) is 14.5 Å². The molecule has 0 spiro atoms. The Balaban J connectivity index is 1.69. The summed E-state index contributed by atoms with van der Waals surface area (Å²) < 4.78 is 8.35. The van der Waals surface area contributed by atoms with Gasteiger partial charge in [0.2, 0.25) is 0 Å². The van der Waals surface area contributed by atoms with Crippen molar-refractivity contribution in [1.29, 1.82) is 0 Å². The fourth-order valence-electron chi connectivity index (χ4n) is 3.02. The van der Waals surface area contributed by atoms with Gasteiger partial charge in [0.25, 0.3) is 0 Å². The van der Waals surface area contributed by atoms with Gasteiger partial charge in [0.15, 0.2) is 0 Å². The molecule has 28 heavy (non-hydrogen) atoms. The third-order valence-electron chi connectivity index (χ3n) is 4.56. The predicted molar refractivity (Wildman–Crippen MR) is 105 cm³/mol. The Labute approximate surface area is 162 Å². The molecule has 0 saturated carbocycles. The maximum absolute atomic E-state index is 11.6. The molecule has 4 aromatic rings. The van der Waals surface area contributed by atoms with Gasteiger partial charge in [-0.1, -0.05) is 35.0 Å². The summed E-state index contributed by atoms with van der Waals surface area (Å²) in [4.78, 5) is 16.1. The zero-order chi connectivity index (χ0) is 19.7. The summed E-state index contributed by atoms with van der Waals surface area (Å²) >= 11 is 0. The van der Waals surface area contributed by atoms with Crippen LogP contribution >= 0.6 is 0 Å². The molecule has 2 aromatic carbocycles. The third-order valence-corrected chi connectivity index (χ3v) is 4.56. The van der Waals surface area contributed by atoms with Crippen LogP contribution in [-0.4, -0.2) is 37.6 Å². The van der Waals surface area contributed by atoms with Gasteiger partial charge >= 0.3 is 5.97 Å². The molecule has 140 valence electrons. The number of hydrogen-bond acceptors (Lipinski definition) is 5. The Morgan fingerprint density at radius 1 is 1.04 bits per heavy atom. The molecule has 0 unspecified atom stereocenters. The van der Waals surface area contributed by atoms with Gasteiger partial charge in [-0.05, 0) is 31.2 Å². The van der Waals surface area contributed by atoms with Crippen molar-refractivity contribution in [3.63, 3.8) is 0 Å². The smallest absolute Gasteiger partial charge is 0.337 e. The van der Waals surface area contributed by atoms with Crippen molar-refractivity contribution >= 4 is 5.97 Å². The molecule has 0 radical (unpaired) electrons. The van der Waals surface area contributed by atoms with Crippen LogP contribution in [0.1, 0.15) is 15.9 Å². The van der Waals surface area contributed by atoms with Crippen molar-refractivity contribution < 1.29 is 9.53 Å². The minimum absolute atomic E-state index is 0.360. The molecule has 0 fully saturated rings. The molecule has 0 amide bonds. The van der Waals surface area contributed by atoms with E-state index in [1.165, 1.54) is 12.7 Å². The molecule has 0 aliphatic heterocycles. The number of aromatic nitrogens is 5. The zero-order valence-corrected chi connectivity index (χ0v) is 15.8. The maximum atomic E-state index is 11.6. The maximum Gasteiger partial charge on any atom is 0.337 e. The van der Waals surface area contributed by atoms with Crippen LogP contribution in [0.4, 0.5) is 0 Å². The van der Waals surface area contributed by atoms with E-state index in [4.69, 9.17) is 4.74 Å². The number of aryl methyl sites for hydroxylation is 2. The molecule has 4 rings (SSSR count). The largest absolute Gasteiger partial charge is 0.465 e. The first-order valence-corrected chi connectivity index (χ1v) is 8.76. The van der Waals surface area contributed by atoms with E-state index >= 15 is 0 Å². The number of benzene rings is 2. The van der Waals surface area contributed by atoms with Gasteiger partial charge < -0.3 is 9.30 Å². The number of carbonyl (C=O) groups is 1. The number of nitrogens with zero attached hydrogens (tertiary/aromatic N) is 5. The normalized spacial score (nSPS) is 10.8. The van der Waals surface area contributed by atoms with Crippen LogP contribution in [0.25, 0.3) is 28.3 Å². The molecular formula is C21H19N5O2. The Kier molecular flexibility index (Phi) is 4.49. The molecular weight excluding hydrogens is 354 g/mol. The van der Waals surface area contributed by atoms with Crippen LogP contribution in [0, 0.1) is 6.92 Å². The van der Waals surface area contributed by atoms with E-state index in [1.807, 2.05) is 42.1 Å². The highest BCUT2D eigenvalue weighted by Crippen LogP contribution is 2.29. The van der Waals surface area contributed by atoms with Crippen LogP contribution in [0.15, 0.2) is 61.1 Å². The van der Waals surface area contributed by atoms with Gasteiger partial charge in [0.1, 0.15) is 17.1 Å². The standard InChI is InChI=1S/C21H19N5O2/c1-14-4-6-15(7-5-14)19-20(25(2)24-23-19)18-12-26(13-22-18)17-10-8-16(9-11-17)21(27)28-3/h4-13H,1-3H3. The molecule has 7 nitrogen and oxygen atoms in total. The summed E-state index contributed by atoms with van der Waals surface area (Å²) in [5, 5.41) is 8.51. The highest BCUT2D eigenvalue weighted by Gasteiger charge is 2.17. The molecule has 0 aliphatic rings. The second-order valence-corrected chi connectivity index (χ2v) is 6.48. The van der Waals surface area contributed by atoms with Crippen molar-refractivity contribution in [2.24, 2.45) is 7.05 Å². The number of esters is 1. The van der Waals surface area contributed by atoms with E-state index in [1.54, 1.807) is 23.1 Å². The molecule has 2 aromatic heterocycles. The average molecular weight is 373 g/mol. The van der Waals surface area contributed by atoms with Gasteiger partial charge in [0.05, 0.1) is 19.0 Å². The molecule has 7 heteroatoms. The van der Waals surface area contributed by atoms with Crippen LogP contribution in [0.2, 0.25) is 0 Å². The van der Waals surface area contributed by atoms with Crippen LogP contribution < -0.4 is 0 Å². The minimum atomic E-state index is -0.360.